The third-order valence-electron chi connectivity index (χ3n) is 4.22. The molecular formula is C16H20O7. The van der Waals surface area contributed by atoms with E-state index in [2.05, 4.69) is 0 Å². The number of fused-ring (bicyclic) bond motifs is 3. The molecule has 1 fully saturated rings. The van der Waals surface area contributed by atoms with Crippen LogP contribution in [0.5, 0.6) is 17.2 Å². The van der Waals surface area contributed by atoms with E-state index < -0.39 is 24.3 Å². The molecule has 2 N–H and O–H groups in total. The molecule has 2 aliphatic heterocycles. The molecule has 3 rings (SSSR count). The smallest absolute Gasteiger partial charge is 0.342 e. The Morgan fingerprint density at radius 1 is 1.39 bits per heavy atom. The monoisotopic (exact) mass is 324 g/mol. The molecule has 0 amide bonds. The van der Waals surface area contributed by atoms with Gasteiger partial charge in [0.15, 0.2) is 11.5 Å². The summed E-state index contributed by atoms with van der Waals surface area (Å²) in [5.41, 5.74) is 0.566. The molecule has 1 saturated heterocycles. The van der Waals surface area contributed by atoms with Crippen LogP contribution >= 0.6 is 0 Å². The van der Waals surface area contributed by atoms with Crippen LogP contribution in [0, 0.1) is 0 Å². The zero-order chi connectivity index (χ0) is 16.7. The molecule has 7 heteroatoms. The topological polar surface area (TPSA) is 94.5 Å². The zero-order valence-electron chi connectivity index (χ0n) is 13.2. The Kier molecular flexibility index (Phi) is 4.08. The van der Waals surface area contributed by atoms with Gasteiger partial charge in [0.2, 0.25) is 5.75 Å². The molecule has 0 aromatic heterocycles. The van der Waals surface area contributed by atoms with Crippen LogP contribution in [0.4, 0.5) is 0 Å². The second kappa shape index (κ2) is 5.90. The van der Waals surface area contributed by atoms with Crippen molar-refractivity contribution in [2.75, 3.05) is 14.2 Å². The van der Waals surface area contributed by atoms with Gasteiger partial charge < -0.3 is 29.2 Å². The summed E-state index contributed by atoms with van der Waals surface area (Å²) in [5.74, 6) is -0.520. The van der Waals surface area contributed by atoms with Crippen LogP contribution in [-0.2, 0) is 9.47 Å². The molecule has 2 heterocycles. The Balaban J connectivity index is 2.03. The van der Waals surface area contributed by atoms with Crippen molar-refractivity contribution in [3.05, 3.63) is 17.2 Å². The maximum atomic E-state index is 12.3. The number of hydrogen-bond donors (Lipinski definition) is 2. The van der Waals surface area contributed by atoms with Gasteiger partial charge in [-0.1, -0.05) is 0 Å². The summed E-state index contributed by atoms with van der Waals surface area (Å²) in [6.45, 7) is 1.69. The summed E-state index contributed by atoms with van der Waals surface area (Å²) in [6, 6.07) is 1.64. The first-order chi connectivity index (χ1) is 11.0. The maximum Gasteiger partial charge on any atom is 0.342 e. The van der Waals surface area contributed by atoms with Crippen LogP contribution in [0.1, 0.15) is 41.8 Å². The Labute approximate surface area is 133 Å². The minimum atomic E-state index is -0.610. The largest absolute Gasteiger partial charge is 0.504 e. The van der Waals surface area contributed by atoms with Crippen molar-refractivity contribution in [2.45, 2.75) is 44.2 Å². The highest BCUT2D eigenvalue weighted by Crippen LogP contribution is 2.49. The third kappa shape index (κ3) is 2.60. The normalized spacial score (nSPS) is 27.0. The minimum absolute atomic E-state index is 0.0431. The van der Waals surface area contributed by atoms with Gasteiger partial charge in [0.25, 0.3) is 0 Å². The predicted molar refractivity (Wildman–Crippen MR) is 78.9 cm³/mol. The van der Waals surface area contributed by atoms with E-state index in [1.165, 1.54) is 14.2 Å². The molecule has 2 aliphatic rings. The average molecular weight is 324 g/mol. The van der Waals surface area contributed by atoms with Gasteiger partial charge in [0, 0.05) is 12.0 Å². The molecule has 0 unspecified atom stereocenters. The van der Waals surface area contributed by atoms with Gasteiger partial charge in [0.05, 0.1) is 26.4 Å². The quantitative estimate of drug-likeness (QED) is 0.811. The highest BCUT2D eigenvalue weighted by molar-refractivity contribution is 5.97. The number of esters is 1. The first-order valence-electron chi connectivity index (χ1n) is 7.48. The fourth-order valence-electron chi connectivity index (χ4n) is 3.28. The van der Waals surface area contributed by atoms with Gasteiger partial charge in [0.1, 0.15) is 17.8 Å². The second-order valence-corrected chi connectivity index (χ2v) is 5.87. The van der Waals surface area contributed by atoms with Gasteiger partial charge >= 0.3 is 5.97 Å². The number of carbonyl (C=O) groups excluding carboxylic acids is 1. The summed E-state index contributed by atoms with van der Waals surface area (Å²) >= 11 is 0. The maximum absolute atomic E-state index is 12.3. The van der Waals surface area contributed by atoms with E-state index in [0.717, 1.165) is 0 Å². The molecule has 0 spiro atoms. The van der Waals surface area contributed by atoms with E-state index in [0.29, 0.717) is 24.2 Å². The molecule has 0 aliphatic carbocycles. The van der Waals surface area contributed by atoms with Gasteiger partial charge in [-0.2, -0.15) is 0 Å². The van der Waals surface area contributed by atoms with E-state index in [1.807, 2.05) is 0 Å². The van der Waals surface area contributed by atoms with E-state index in [4.69, 9.17) is 18.9 Å². The van der Waals surface area contributed by atoms with E-state index in [9.17, 15) is 15.0 Å². The molecule has 7 nitrogen and oxygen atoms in total. The lowest BCUT2D eigenvalue weighted by atomic mass is 9.93. The number of phenols is 1. The summed E-state index contributed by atoms with van der Waals surface area (Å²) in [4.78, 5) is 12.3. The standard InChI is InChI=1S/C16H20O7/c1-7(17)4-8-5-11-14(22-8)9-6-10(20-2)15(21-3)13(18)12(9)16(19)23-11/h6-8,11,14,17-18H,4-5H2,1-3H3/t7-,8+,11-,14-/m0/s1. The summed E-state index contributed by atoms with van der Waals surface area (Å²) in [5, 5.41) is 19.9. The molecule has 1 aromatic rings. The highest BCUT2D eigenvalue weighted by Gasteiger charge is 2.46. The number of rotatable bonds is 4. The van der Waals surface area contributed by atoms with Gasteiger partial charge in [-0.3, -0.25) is 0 Å². The number of methoxy groups -OCH3 is 2. The molecule has 126 valence electrons. The minimum Gasteiger partial charge on any atom is -0.504 e. The zero-order valence-corrected chi connectivity index (χ0v) is 13.2. The molecular weight excluding hydrogens is 304 g/mol. The van der Waals surface area contributed by atoms with E-state index >= 15 is 0 Å². The Morgan fingerprint density at radius 2 is 2.13 bits per heavy atom. The number of phenolic OH excluding ortho intramolecular Hbond substituents is 1. The molecule has 0 radical (unpaired) electrons. The molecule has 1 aromatic carbocycles. The summed E-state index contributed by atoms with van der Waals surface area (Å²) in [7, 11) is 2.83. The summed E-state index contributed by atoms with van der Waals surface area (Å²) in [6.07, 6.45) is -0.670. The van der Waals surface area contributed by atoms with Crippen LogP contribution < -0.4 is 9.47 Å². The number of ether oxygens (including phenoxy) is 4. The number of hydrogen-bond acceptors (Lipinski definition) is 7. The number of carbonyl (C=O) groups is 1. The third-order valence-corrected chi connectivity index (χ3v) is 4.22. The van der Waals surface area contributed by atoms with Crippen molar-refractivity contribution >= 4 is 5.97 Å². The number of benzene rings is 1. The molecule has 23 heavy (non-hydrogen) atoms. The van der Waals surface area contributed by atoms with Crippen LogP contribution in [0.25, 0.3) is 0 Å². The number of aromatic hydroxyl groups is 1. The molecule has 4 atom stereocenters. The van der Waals surface area contributed by atoms with Crippen LogP contribution in [-0.4, -0.2) is 48.7 Å². The van der Waals surface area contributed by atoms with Gasteiger partial charge in [-0.25, -0.2) is 4.79 Å². The lowest BCUT2D eigenvalue weighted by molar-refractivity contribution is -0.0294. The number of aliphatic hydroxyl groups excluding tert-OH is 1. The van der Waals surface area contributed by atoms with Crippen LogP contribution in [0.3, 0.4) is 0 Å². The first-order valence-corrected chi connectivity index (χ1v) is 7.48. The van der Waals surface area contributed by atoms with Crippen molar-refractivity contribution in [1.82, 2.24) is 0 Å². The van der Waals surface area contributed by atoms with Gasteiger partial charge in [-0.05, 0) is 19.4 Å². The second-order valence-electron chi connectivity index (χ2n) is 5.87. The lowest BCUT2D eigenvalue weighted by Crippen LogP contribution is -2.29. The van der Waals surface area contributed by atoms with Crippen molar-refractivity contribution in [2.24, 2.45) is 0 Å². The average Bonchev–Trinajstić information content (AvgIpc) is 2.87. The lowest BCUT2D eigenvalue weighted by Gasteiger charge is -2.28. The van der Waals surface area contributed by atoms with Crippen molar-refractivity contribution < 1.29 is 34.0 Å². The summed E-state index contributed by atoms with van der Waals surface area (Å²) < 4.78 is 21.7. The first kappa shape index (κ1) is 15.9. The van der Waals surface area contributed by atoms with Crippen LogP contribution in [0.15, 0.2) is 6.07 Å². The van der Waals surface area contributed by atoms with Crippen molar-refractivity contribution in [1.29, 1.82) is 0 Å². The van der Waals surface area contributed by atoms with Crippen molar-refractivity contribution in [3.8, 4) is 17.2 Å². The highest BCUT2D eigenvalue weighted by atomic mass is 16.6. The Hall–Kier alpha value is -1.99. The fourth-order valence-corrected chi connectivity index (χ4v) is 3.28. The predicted octanol–water partition coefficient (Wildman–Crippen LogP) is 1.55. The Bertz CT molecular complexity index is 625. The SMILES string of the molecule is COc1cc2c(c(O)c1OC)C(=O)O[C@H]1C[C@@H](C[C@H](C)O)O[C@@H]21. The van der Waals surface area contributed by atoms with E-state index in [1.54, 1.807) is 13.0 Å². The van der Waals surface area contributed by atoms with Crippen molar-refractivity contribution in [3.63, 3.8) is 0 Å². The van der Waals surface area contributed by atoms with Gasteiger partial charge in [-0.15, -0.1) is 0 Å². The number of aliphatic hydroxyl groups is 1. The molecule has 0 bridgehead atoms. The fraction of sp³-hybridized carbons (Fsp3) is 0.562. The van der Waals surface area contributed by atoms with E-state index in [-0.39, 0.29) is 23.2 Å². The Morgan fingerprint density at radius 3 is 2.74 bits per heavy atom. The van der Waals surface area contributed by atoms with Crippen LogP contribution in [0.2, 0.25) is 0 Å². The molecule has 0 saturated carbocycles.